The molecule has 0 aliphatic carbocycles. The van der Waals surface area contributed by atoms with Crippen molar-refractivity contribution < 1.29 is 4.74 Å². The fourth-order valence-corrected chi connectivity index (χ4v) is 4.49. The highest BCUT2D eigenvalue weighted by Gasteiger charge is 2.41. The first-order valence-corrected chi connectivity index (χ1v) is 9.71. The van der Waals surface area contributed by atoms with Crippen LogP contribution in [0.1, 0.15) is 70.0 Å². The van der Waals surface area contributed by atoms with E-state index in [2.05, 4.69) is 48.1 Å². The van der Waals surface area contributed by atoms with Gasteiger partial charge in [0.2, 0.25) is 0 Å². The molecule has 2 heteroatoms. The third-order valence-electron chi connectivity index (χ3n) is 5.71. The molecule has 2 heterocycles. The Hall–Kier alpha value is -1.30. The summed E-state index contributed by atoms with van der Waals surface area (Å²) in [6.45, 7) is 3.07. The number of unbranched alkanes of at least 4 members (excludes halogenated alkanes) is 2. The minimum Gasteiger partial charge on any atom is -0.370 e. The molecule has 2 fully saturated rings. The molecule has 2 aliphatic heterocycles. The van der Waals surface area contributed by atoms with E-state index in [1.165, 1.54) is 37.7 Å². The topological polar surface area (TPSA) is 12.5 Å². The van der Waals surface area contributed by atoms with Crippen LogP contribution in [0.15, 0.2) is 30.3 Å². The molecule has 0 spiro atoms. The van der Waals surface area contributed by atoms with Crippen molar-refractivity contribution in [2.24, 2.45) is 0 Å². The van der Waals surface area contributed by atoms with E-state index in [4.69, 9.17) is 11.2 Å². The predicted octanol–water partition coefficient (Wildman–Crippen LogP) is 4.95. The number of terminal acetylenes is 1. The van der Waals surface area contributed by atoms with Gasteiger partial charge >= 0.3 is 0 Å². The number of nitrogens with zero attached hydrogens (tertiary/aromatic N) is 1. The summed E-state index contributed by atoms with van der Waals surface area (Å²) in [5, 5.41) is 0. The van der Waals surface area contributed by atoms with Crippen molar-refractivity contribution in [1.29, 1.82) is 0 Å². The van der Waals surface area contributed by atoms with Crippen LogP contribution in [0, 0.1) is 12.3 Å². The molecule has 0 aromatic heterocycles. The highest BCUT2D eigenvalue weighted by atomic mass is 16.5. The van der Waals surface area contributed by atoms with Crippen molar-refractivity contribution in [2.75, 3.05) is 6.54 Å². The second-order valence-electron chi connectivity index (χ2n) is 7.39. The molecule has 2 unspecified atom stereocenters. The lowest BCUT2D eigenvalue weighted by Crippen LogP contribution is -2.45. The summed E-state index contributed by atoms with van der Waals surface area (Å²) >= 11 is 0. The number of piperidine rings is 1. The van der Waals surface area contributed by atoms with Gasteiger partial charge in [-0.1, -0.05) is 62.4 Å². The molecule has 0 N–H and O–H groups in total. The number of benzene rings is 1. The van der Waals surface area contributed by atoms with Crippen LogP contribution in [-0.4, -0.2) is 29.6 Å². The van der Waals surface area contributed by atoms with Crippen LogP contribution < -0.4 is 0 Å². The Morgan fingerprint density at radius 2 is 1.88 bits per heavy atom. The summed E-state index contributed by atoms with van der Waals surface area (Å²) in [6.07, 6.45) is 16.0. The van der Waals surface area contributed by atoms with E-state index in [-0.39, 0.29) is 6.10 Å². The van der Waals surface area contributed by atoms with Crippen molar-refractivity contribution in [1.82, 2.24) is 4.90 Å². The zero-order valence-corrected chi connectivity index (χ0v) is 15.0. The zero-order valence-electron chi connectivity index (χ0n) is 15.0. The summed E-state index contributed by atoms with van der Waals surface area (Å²) in [7, 11) is 0. The van der Waals surface area contributed by atoms with Gasteiger partial charge in [0.05, 0.1) is 18.8 Å². The largest absolute Gasteiger partial charge is 0.370 e. The highest BCUT2D eigenvalue weighted by molar-refractivity contribution is 5.17. The third kappa shape index (κ3) is 4.21. The second-order valence-corrected chi connectivity index (χ2v) is 7.39. The predicted molar refractivity (Wildman–Crippen MR) is 99.8 cm³/mol. The lowest BCUT2D eigenvalue weighted by molar-refractivity contribution is -0.0636. The van der Waals surface area contributed by atoms with E-state index in [0.29, 0.717) is 18.2 Å². The molecule has 0 amide bonds. The standard InChI is InChI=1S/C22H31NO/c1-3-5-7-12-22(18-10-8-6-9-11-18)24-21-16-19-13-14-20(17-21)23(19)15-4-2/h2,6,8-11,19-22H,3,5,7,12-17H2,1H3/t19-,20+,21?,22?. The van der Waals surface area contributed by atoms with Crippen LogP contribution >= 0.6 is 0 Å². The Balaban J connectivity index is 1.62. The smallest absolute Gasteiger partial charge is 0.0828 e. The van der Waals surface area contributed by atoms with Crippen molar-refractivity contribution in [3.8, 4) is 12.3 Å². The molecule has 0 saturated carbocycles. The molecule has 4 atom stereocenters. The minimum atomic E-state index is 0.251. The van der Waals surface area contributed by atoms with Gasteiger partial charge in [0.15, 0.2) is 0 Å². The van der Waals surface area contributed by atoms with Gasteiger partial charge in [-0.2, -0.15) is 0 Å². The van der Waals surface area contributed by atoms with Crippen molar-refractivity contribution in [3.63, 3.8) is 0 Å². The van der Waals surface area contributed by atoms with Crippen molar-refractivity contribution >= 4 is 0 Å². The molecule has 130 valence electrons. The van der Waals surface area contributed by atoms with Crippen LogP contribution in [0.2, 0.25) is 0 Å². The molecular weight excluding hydrogens is 294 g/mol. The number of rotatable bonds is 8. The average molecular weight is 325 g/mol. The minimum absolute atomic E-state index is 0.251. The van der Waals surface area contributed by atoms with E-state index in [9.17, 15) is 0 Å². The number of ether oxygens (including phenoxy) is 1. The maximum atomic E-state index is 6.65. The Morgan fingerprint density at radius 3 is 2.50 bits per heavy atom. The highest BCUT2D eigenvalue weighted by Crippen LogP contribution is 2.39. The molecule has 3 rings (SSSR count). The van der Waals surface area contributed by atoms with Crippen LogP contribution in [0.5, 0.6) is 0 Å². The molecule has 2 nitrogen and oxygen atoms in total. The lowest BCUT2D eigenvalue weighted by atomic mass is 9.98. The lowest BCUT2D eigenvalue weighted by Gasteiger charge is -2.39. The summed E-state index contributed by atoms with van der Waals surface area (Å²) in [6, 6.07) is 12.1. The Bertz CT molecular complexity index is 521. The number of hydrogen-bond donors (Lipinski definition) is 0. The van der Waals surface area contributed by atoms with E-state index < -0.39 is 0 Å². The fourth-order valence-electron chi connectivity index (χ4n) is 4.49. The van der Waals surface area contributed by atoms with Crippen LogP contribution in [0.3, 0.4) is 0 Å². The summed E-state index contributed by atoms with van der Waals surface area (Å²) < 4.78 is 6.65. The average Bonchev–Trinajstić information content (AvgIpc) is 2.85. The molecule has 0 radical (unpaired) electrons. The number of fused-ring (bicyclic) bond motifs is 2. The molecule has 1 aromatic rings. The summed E-state index contributed by atoms with van der Waals surface area (Å²) in [5.41, 5.74) is 1.34. The summed E-state index contributed by atoms with van der Waals surface area (Å²) in [4.78, 5) is 2.54. The van der Waals surface area contributed by atoms with Gasteiger partial charge in [0, 0.05) is 12.1 Å². The van der Waals surface area contributed by atoms with Gasteiger partial charge in [-0.25, -0.2) is 0 Å². The van der Waals surface area contributed by atoms with Gasteiger partial charge in [-0.05, 0) is 37.7 Å². The Labute approximate surface area is 147 Å². The molecular formula is C22H31NO. The molecule has 2 aliphatic rings. The van der Waals surface area contributed by atoms with Gasteiger partial charge in [-0.15, -0.1) is 6.42 Å². The SMILES string of the molecule is C#CCN1[C@@H]2CC[C@H]1CC(OC(CCCCC)c1ccccc1)C2. The molecule has 2 bridgehead atoms. The Morgan fingerprint density at radius 1 is 1.17 bits per heavy atom. The first-order chi connectivity index (χ1) is 11.8. The monoisotopic (exact) mass is 325 g/mol. The molecule has 24 heavy (non-hydrogen) atoms. The Kier molecular flexibility index (Phi) is 6.35. The van der Waals surface area contributed by atoms with Gasteiger partial charge in [0.1, 0.15) is 0 Å². The van der Waals surface area contributed by atoms with E-state index >= 15 is 0 Å². The van der Waals surface area contributed by atoms with Crippen LogP contribution in [0.25, 0.3) is 0 Å². The van der Waals surface area contributed by atoms with Gasteiger partial charge in [-0.3, -0.25) is 4.90 Å². The van der Waals surface area contributed by atoms with Crippen LogP contribution in [0.4, 0.5) is 0 Å². The third-order valence-corrected chi connectivity index (χ3v) is 5.71. The first kappa shape index (κ1) is 17.5. The maximum Gasteiger partial charge on any atom is 0.0828 e. The maximum absolute atomic E-state index is 6.65. The van der Waals surface area contributed by atoms with Gasteiger partial charge < -0.3 is 4.74 Å². The van der Waals surface area contributed by atoms with Crippen LogP contribution in [-0.2, 0) is 4.74 Å². The first-order valence-electron chi connectivity index (χ1n) is 9.71. The van der Waals surface area contributed by atoms with Crippen molar-refractivity contribution in [2.45, 2.75) is 82.6 Å². The van der Waals surface area contributed by atoms with E-state index in [0.717, 1.165) is 25.8 Å². The van der Waals surface area contributed by atoms with E-state index in [1.54, 1.807) is 0 Å². The normalized spacial score (nSPS) is 27.8. The quantitative estimate of drug-likeness (QED) is 0.495. The zero-order chi connectivity index (χ0) is 16.8. The second kappa shape index (κ2) is 8.70. The number of hydrogen-bond acceptors (Lipinski definition) is 2. The summed E-state index contributed by atoms with van der Waals surface area (Å²) in [5.74, 6) is 2.84. The molecule has 1 aromatic carbocycles. The van der Waals surface area contributed by atoms with Gasteiger partial charge in [0.25, 0.3) is 0 Å². The van der Waals surface area contributed by atoms with Crippen molar-refractivity contribution in [3.05, 3.63) is 35.9 Å². The fraction of sp³-hybridized carbons (Fsp3) is 0.636. The molecule has 2 saturated heterocycles. The van der Waals surface area contributed by atoms with E-state index in [1.807, 2.05) is 0 Å².